The number of aryl methyl sites for hydroxylation is 1. The summed E-state index contributed by atoms with van der Waals surface area (Å²) in [6.07, 6.45) is 5.11. The van der Waals surface area contributed by atoms with Crippen LogP contribution in [0.25, 0.3) is 10.2 Å². The molecule has 5 nitrogen and oxygen atoms in total. The molecule has 3 atom stereocenters. The van der Waals surface area contributed by atoms with Crippen molar-refractivity contribution < 1.29 is 4.79 Å². The molecule has 6 N–H and O–H groups in total. The molecule has 1 aliphatic rings. The van der Waals surface area contributed by atoms with E-state index >= 15 is 0 Å². The van der Waals surface area contributed by atoms with Crippen LogP contribution in [0, 0.1) is 5.92 Å². The van der Waals surface area contributed by atoms with E-state index in [1.807, 2.05) is 0 Å². The lowest BCUT2D eigenvalue weighted by Crippen LogP contribution is -2.33. The maximum Gasteiger partial charge on any atom is 0.260 e. The van der Waals surface area contributed by atoms with Gasteiger partial charge in [-0.15, -0.1) is 11.3 Å². The van der Waals surface area contributed by atoms with Crippen molar-refractivity contribution >= 4 is 33.1 Å². The van der Waals surface area contributed by atoms with Crippen LogP contribution in [-0.4, -0.2) is 16.9 Å². The van der Waals surface area contributed by atoms with Gasteiger partial charge >= 0.3 is 0 Å². The van der Waals surface area contributed by atoms with Gasteiger partial charge in [0, 0.05) is 23.0 Å². The Morgan fingerprint density at radius 1 is 1.42 bits per heavy atom. The average Bonchev–Trinajstić information content (AvgIpc) is 2.88. The fourth-order valence-corrected chi connectivity index (χ4v) is 4.77. The number of rotatable bonds is 4. The van der Waals surface area contributed by atoms with Gasteiger partial charge in [0.2, 0.25) is 0 Å². The number of amides is 1. The third kappa shape index (κ3) is 3.00. The van der Waals surface area contributed by atoms with Crippen LogP contribution in [0.2, 0.25) is 0 Å². The number of hydrogen-bond acceptors (Lipinski definition) is 5. The number of primary amides is 1. The molecule has 1 fully saturated rings. The Morgan fingerprint density at radius 3 is 2.79 bits per heavy atom. The summed E-state index contributed by atoms with van der Waals surface area (Å²) in [6, 6.07) is 2.48. The van der Waals surface area contributed by atoms with Crippen molar-refractivity contribution in [2.75, 3.05) is 5.73 Å². The van der Waals surface area contributed by atoms with E-state index < -0.39 is 5.91 Å². The summed E-state index contributed by atoms with van der Waals surface area (Å²) >= 11 is 1.32. The van der Waals surface area contributed by atoms with Gasteiger partial charge in [0.05, 0.1) is 5.69 Å². The molecular formula is C18H26N4OS. The fourth-order valence-electron chi connectivity index (χ4n) is 3.77. The second kappa shape index (κ2) is 6.69. The number of nitrogens with two attached hydrogens (primary N) is 3. The Bertz CT molecular complexity index is 770. The number of pyridine rings is 1. The maximum atomic E-state index is 11.6. The number of carbonyl (C=O) groups is 1. The standard InChI is InChI=1S/C18H26N4OS/c1-3-4-11-8-13(10-5-6-12(19)9(2)7-10)22-18-14(11)15(20)16(24-18)17(21)23/h8-10,12H,3-7,19-20H2,1-2H3,(H2,21,23). The minimum absolute atomic E-state index is 0.291. The van der Waals surface area contributed by atoms with Crippen molar-refractivity contribution in [3.8, 4) is 0 Å². The molecule has 2 aromatic heterocycles. The first kappa shape index (κ1) is 17.2. The third-order valence-corrected chi connectivity index (χ3v) is 6.31. The molecule has 1 saturated carbocycles. The van der Waals surface area contributed by atoms with Gasteiger partial charge in [-0.3, -0.25) is 4.79 Å². The number of anilines is 1. The molecule has 0 bridgehead atoms. The van der Waals surface area contributed by atoms with Crippen LogP contribution in [0.15, 0.2) is 6.07 Å². The fraction of sp³-hybridized carbons (Fsp3) is 0.556. The summed E-state index contributed by atoms with van der Waals surface area (Å²) in [5.74, 6) is 0.461. The van der Waals surface area contributed by atoms with Gasteiger partial charge in [-0.05, 0) is 43.2 Å². The van der Waals surface area contributed by atoms with E-state index in [0.717, 1.165) is 48.0 Å². The molecule has 1 amide bonds. The smallest absolute Gasteiger partial charge is 0.260 e. The predicted octanol–water partition coefficient (Wildman–Crippen LogP) is 3.16. The minimum atomic E-state index is -0.475. The molecular weight excluding hydrogens is 320 g/mol. The molecule has 3 unspecified atom stereocenters. The zero-order valence-corrected chi connectivity index (χ0v) is 15.2. The number of nitrogen functional groups attached to an aromatic ring is 1. The van der Waals surface area contributed by atoms with E-state index in [0.29, 0.717) is 28.4 Å². The molecule has 3 rings (SSSR count). The van der Waals surface area contributed by atoms with Crippen LogP contribution in [0.3, 0.4) is 0 Å². The molecule has 2 aromatic rings. The minimum Gasteiger partial charge on any atom is -0.397 e. The first-order valence-electron chi connectivity index (χ1n) is 8.69. The van der Waals surface area contributed by atoms with Crippen LogP contribution >= 0.6 is 11.3 Å². The molecule has 1 aliphatic carbocycles. The van der Waals surface area contributed by atoms with E-state index in [1.165, 1.54) is 16.9 Å². The molecule has 0 spiro atoms. The van der Waals surface area contributed by atoms with Gasteiger partial charge < -0.3 is 17.2 Å². The van der Waals surface area contributed by atoms with Crippen molar-refractivity contribution in [1.82, 2.24) is 4.98 Å². The first-order valence-corrected chi connectivity index (χ1v) is 9.51. The summed E-state index contributed by atoms with van der Waals surface area (Å²) < 4.78 is 0. The summed E-state index contributed by atoms with van der Waals surface area (Å²) in [7, 11) is 0. The Hall–Kier alpha value is -1.66. The topological polar surface area (TPSA) is 108 Å². The van der Waals surface area contributed by atoms with Crippen LogP contribution in [0.5, 0.6) is 0 Å². The second-order valence-corrected chi connectivity index (χ2v) is 8.00. The highest BCUT2D eigenvalue weighted by Gasteiger charge is 2.28. The lowest BCUT2D eigenvalue weighted by atomic mass is 9.77. The average molecular weight is 347 g/mol. The molecule has 0 aromatic carbocycles. The zero-order valence-electron chi connectivity index (χ0n) is 14.3. The van der Waals surface area contributed by atoms with Crippen molar-refractivity contribution in [3.05, 3.63) is 22.2 Å². The van der Waals surface area contributed by atoms with E-state index in [4.69, 9.17) is 22.2 Å². The van der Waals surface area contributed by atoms with E-state index in [1.54, 1.807) is 0 Å². The highest BCUT2D eigenvalue weighted by atomic mass is 32.1. The lowest BCUT2D eigenvalue weighted by Gasteiger charge is -2.31. The Labute approximate surface area is 146 Å². The first-order chi connectivity index (χ1) is 11.4. The van der Waals surface area contributed by atoms with Crippen LogP contribution in [0.4, 0.5) is 5.69 Å². The van der Waals surface area contributed by atoms with Gasteiger partial charge in [-0.2, -0.15) is 0 Å². The summed E-state index contributed by atoms with van der Waals surface area (Å²) in [6.45, 7) is 4.36. The molecule has 0 saturated heterocycles. The van der Waals surface area contributed by atoms with Crippen LogP contribution in [0.1, 0.15) is 66.4 Å². The number of thiophene rings is 1. The van der Waals surface area contributed by atoms with E-state index in [9.17, 15) is 4.79 Å². The summed E-state index contributed by atoms with van der Waals surface area (Å²) in [4.78, 5) is 17.8. The van der Waals surface area contributed by atoms with Gasteiger partial charge in [-0.25, -0.2) is 4.98 Å². The Kier molecular flexibility index (Phi) is 4.78. The van der Waals surface area contributed by atoms with Gasteiger partial charge in [-0.1, -0.05) is 20.3 Å². The monoisotopic (exact) mass is 346 g/mol. The number of hydrogen-bond donors (Lipinski definition) is 3. The van der Waals surface area contributed by atoms with Crippen molar-refractivity contribution in [1.29, 1.82) is 0 Å². The highest BCUT2D eigenvalue weighted by Crippen LogP contribution is 2.40. The number of fused-ring (bicyclic) bond motifs is 1. The molecule has 130 valence electrons. The normalized spacial score (nSPS) is 24.4. The van der Waals surface area contributed by atoms with Crippen LogP contribution in [-0.2, 0) is 6.42 Å². The molecule has 24 heavy (non-hydrogen) atoms. The zero-order chi connectivity index (χ0) is 17.4. The SMILES string of the molecule is CCCc1cc(C2CCC(N)C(C)C2)nc2sc(C(N)=O)c(N)c12. The largest absolute Gasteiger partial charge is 0.397 e. The molecule has 2 heterocycles. The van der Waals surface area contributed by atoms with Crippen molar-refractivity contribution in [2.45, 2.75) is 57.9 Å². The van der Waals surface area contributed by atoms with Crippen molar-refractivity contribution in [3.63, 3.8) is 0 Å². The van der Waals surface area contributed by atoms with Gasteiger partial charge in [0.25, 0.3) is 5.91 Å². The Balaban J connectivity index is 2.08. The Morgan fingerprint density at radius 2 is 2.17 bits per heavy atom. The van der Waals surface area contributed by atoms with Crippen LogP contribution < -0.4 is 17.2 Å². The number of aromatic nitrogens is 1. The summed E-state index contributed by atoms with van der Waals surface area (Å²) in [5, 5.41) is 0.917. The third-order valence-electron chi connectivity index (χ3n) is 5.20. The molecule has 0 aliphatic heterocycles. The maximum absolute atomic E-state index is 11.6. The highest BCUT2D eigenvalue weighted by molar-refractivity contribution is 7.21. The predicted molar refractivity (Wildman–Crippen MR) is 100 cm³/mol. The van der Waals surface area contributed by atoms with Crippen molar-refractivity contribution in [2.24, 2.45) is 17.4 Å². The lowest BCUT2D eigenvalue weighted by molar-refractivity contribution is 0.100. The van der Waals surface area contributed by atoms with E-state index in [-0.39, 0.29) is 0 Å². The quantitative estimate of drug-likeness (QED) is 0.790. The number of nitrogens with zero attached hydrogens (tertiary/aromatic N) is 1. The van der Waals surface area contributed by atoms with E-state index in [2.05, 4.69) is 19.9 Å². The van der Waals surface area contributed by atoms with Gasteiger partial charge in [0.1, 0.15) is 9.71 Å². The number of carbonyl (C=O) groups excluding carboxylic acids is 1. The van der Waals surface area contributed by atoms with Gasteiger partial charge in [0.15, 0.2) is 0 Å². The summed E-state index contributed by atoms with van der Waals surface area (Å²) in [5.41, 5.74) is 20.6. The second-order valence-electron chi connectivity index (χ2n) is 7.00. The molecule has 6 heteroatoms. The molecule has 0 radical (unpaired) electrons.